The van der Waals surface area contributed by atoms with Gasteiger partial charge in [-0.2, -0.15) is 11.3 Å². The monoisotopic (exact) mass is 281 g/mol. The molecule has 0 aliphatic heterocycles. The summed E-state index contributed by atoms with van der Waals surface area (Å²) in [6.07, 6.45) is 0. The molecule has 0 aromatic carbocycles. The van der Waals surface area contributed by atoms with E-state index in [2.05, 4.69) is 47.6 Å². The highest BCUT2D eigenvalue weighted by Gasteiger charge is 2.22. The van der Waals surface area contributed by atoms with Gasteiger partial charge in [0, 0.05) is 17.5 Å². The molecule has 0 saturated heterocycles. The second-order valence-corrected chi connectivity index (χ2v) is 6.36. The first kappa shape index (κ1) is 13.7. The van der Waals surface area contributed by atoms with E-state index < -0.39 is 0 Å². The lowest BCUT2D eigenvalue weighted by molar-refractivity contribution is 0.212. The summed E-state index contributed by atoms with van der Waals surface area (Å²) in [4.78, 5) is 7.93. The fourth-order valence-electron chi connectivity index (χ4n) is 2.21. The number of nitrogens with two attached hydrogens (primary N) is 1. The van der Waals surface area contributed by atoms with E-state index in [1.54, 1.807) is 22.7 Å². The molecule has 3 nitrogen and oxygen atoms in total. The van der Waals surface area contributed by atoms with Crippen molar-refractivity contribution in [2.75, 3.05) is 7.05 Å². The Morgan fingerprint density at radius 2 is 2.28 bits per heavy atom. The largest absolute Gasteiger partial charge is 0.326 e. The van der Waals surface area contributed by atoms with Crippen molar-refractivity contribution in [2.45, 2.75) is 32.5 Å². The molecule has 0 bridgehead atoms. The minimum atomic E-state index is 0.109. The van der Waals surface area contributed by atoms with Crippen LogP contribution in [-0.4, -0.2) is 23.0 Å². The maximum atomic E-state index is 6.15. The van der Waals surface area contributed by atoms with Gasteiger partial charge in [-0.25, -0.2) is 4.98 Å². The number of rotatable bonds is 5. The molecular formula is C13H19N3S2. The van der Waals surface area contributed by atoms with Crippen LogP contribution < -0.4 is 5.73 Å². The van der Waals surface area contributed by atoms with Gasteiger partial charge >= 0.3 is 0 Å². The van der Waals surface area contributed by atoms with Gasteiger partial charge in [0.05, 0.1) is 17.2 Å². The van der Waals surface area contributed by atoms with Crippen LogP contribution in [0.5, 0.6) is 0 Å². The molecule has 0 radical (unpaired) electrons. The summed E-state index contributed by atoms with van der Waals surface area (Å²) in [7, 11) is 2.13. The summed E-state index contributed by atoms with van der Waals surface area (Å²) in [5.41, 5.74) is 10.5. The molecule has 0 spiro atoms. The summed E-state index contributed by atoms with van der Waals surface area (Å²) >= 11 is 3.44. The van der Waals surface area contributed by atoms with Gasteiger partial charge < -0.3 is 5.73 Å². The number of hydrogen-bond donors (Lipinski definition) is 1. The number of thiophene rings is 1. The number of nitrogens with zero attached hydrogens (tertiary/aromatic N) is 2. The topological polar surface area (TPSA) is 42.2 Å². The molecular weight excluding hydrogens is 262 g/mol. The number of thiazole rings is 1. The normalized spacial score (nSPS) is 14.9. The molecule has 0 aliphatic rings. The van der Waals surface area contributed by atoms with Crippen molar-refractivity contribution >= 4 is 22.7 Å². The molecule has 2 atom stereocenters. The number of aromatic nitrogens is 1. The van der Waals surface area contributed by atoms with Gasteiger partial charge in [-0.1, -0.05) is 0 Å². The third kappa shape index (κ3) is 2.98. The first-order chi connectivity index (χ1) is 8.59. The molecule has 0 fully saturated rings. The molecule has 2 N–H and O–H groups in total. The van der Waals surface area contributed by atoms with Gasteiger partial charge in [-0.3, -0.25) is 4.90 Å². The average Bonchev–Trinajstić information content (AvgIpc) is 2.92. The number of likely N-dealkylation sites (N-methyl/N-ethyl adjacent to an activating group) is 1. The van der Waals surface area contributed by atoms with E-state index in [1.807, 2.05) is 5.51 Å². The first-order valence-electron chi connectivity index (χ1n) is 5.96. The molecule has 0 saturated carbocycles. The maximum Gasteiger partial charge on any atom is 0.0798 e. The minimum absolute atomic E-state index is 0.109. The van der Waals surface area contributed by atoms with Gasteiger partial charge in [-0.15, -0.1) is 11.3 Å². The van der Waals surface area contributed by atoms with Gasteiger partial charge in [-0.05, 0) is 43.3 Å². The lowest BCUT2D eigenvalue weighted by atomic mass is 10.0. The summed E-state index contributed by atoms with van der Waals surface area (Å²) in [6.45, 7) is 5.03. The smallest absolute Gasteiger partial charge is 0.0798 e. The molecule has 98 valence electrons. The van der Waals surface area contributed by atoms with E-state index in [0.29, 0.717) is 0 Å². The fraction of sp³-hybridized carbons (Fsp3) is 0.462. The highest BCUT2D eigenvalue weighted by atomic mass is 32.1. The summed E-state index contributed by atoms with van der Waals surface area (Å²) in [6, 6.07) is 2.53. The van der Waals surface area contributed by atoms with Crippen LogP contribution in [0.15, 0.2) is 22.3 Å². The summed E-state index contributed by atoms with van der Waals surface area (Å²) in [5, 5.41) is 4.29. The third-order valence-electron chi connectivity index (χ3n) is 3.10. The molecule has 18 heavy (non-hydrogen) atoms. The van der Waals surface area contributed by atoms with Gasteiger partial charge in [0.25, 0.3) is 0 Å². The van der Waals surface area contributed by atoms with E-state index in [4.69, 9.17) is 5.73 Å². The Kier molecular flexibility index (Phi) is 4.50. The molecule has 2 heterocycles. The number of aryl methyl sites for hydroxylation is 1. The molecule has 2 aromatic heterocycles. The zero-order chi connectivity index (χ0) is 13.1. The predicted molar refractivity (Wildman–Crippen MR) is 79.0 cm³/mol. The van der Waals surface area contributed by atoms with Crippen LogP contribution in [0.2, 0.25) is 0 Å². The third-order valence-corrected chi connectivity index (χ3v) is 4.72. The van der Waals surface area contributed by atoms with Crippen molar-refractivity contribution in [3.05, 3.63) is 38.5 Å². The lowest BCUT2D eigenvalue weighted by Crippen LogP contribution is -2.36. The highest BCUT2D eigenvalue weighted by Crippen LogP contribution is 2.27. The van der Waals surface area contributed by atoms with E-state index >= 15 is 0 Å². The Morgan fingerprint density at radius 1 is 1.50 bits per heavy atom. The standard InChI is InChI=1S/C13H19N3S2/c1-9(14)13(11-4-5-17-7-11)16(3)6-12-10(2)15-8-18-12/h4-5,7-9,13H,6,14H2,1-3H3. The second kappa shape index (κ2) is 5.93. The predicted octanol–water partition coefficient (Wildman–Crippen LogP) is 3.03. The molecule has 2 aromatic rings. The van der Waals surface area contributed by atoms with Crippen LogP contribution in [0.25, 0.3) is 0 Å². The van der Waals surface area contributed by atoms with Crippen LogP contribution in [0.4, 0.5) is 0 Å². The molecule has 2 rings (SSSR count). The zero-order valence-corrected chi connectivity index (χ0v) is 12.6. The Labute approximate surface area is 116 Å². The first-order valence-corrected chi connectivity index (χ1v) is 7.78. The Bertz CT molecular complexity index is 476. The second-order valence-electron chi connectivity index (χ2n) is 4.64. The lowest BCUT2D eigenvalue weighted by Gasteiger charge is -2.30. The van der Waals surface area contributed by atoms with Crippen molar-refractivity contribution in [3.63, 3.8) is 0 Å². The van der Waals surface area contributed by atoms with Crippen LogP contribution in [0, 0.1) is 6.92 Å². The minimum Gasteiger partial charge on any atom is -0.326 e. The average molecular weight is 281 g/mol. The van der Waals surface area contributed by atoms with Crippen molar-refractivity contribution < 1.29 is 0 Å². The fourth-order valence-corrected chi connectivity index (χ4v) is 3.73. The summed E-state index contributed by atoms with van der Waals surface area (Å²) in [5.74, 6) is 0. The van der Waals surface area contributed by atoms with Crippen molar-refractivity contribution in [1.29, 1.82) is 0 Å². The van der Waals surface area contributed by atoms with Crippen LogP contribution in [-0.2, 0) is 6.54 Å². The van der Waals surface area contributed by atoms with E-state index in [9.17, 15) is 0 Å². The van der Waals surface area contributed by atoms with E-state index in [-0.39, 0.29) is 12.1 Å². The Hall–Kier alpha value is -0.750. The molecule has 0 amide bonds. The Balaban J connectivity index is 2.14. The maximum absolute atomic E-state index is 6.15. The molecule has 0 aliphatic carbocycles. The zero-order valence-electron chi connectivity index (χ0n) is 11.0. The van der Waals surface area contributed by atoms with Crippen LogP contribution >= 0.6 is 22.7 Å². The van der Waals surface area contributed by atoms with Crippen molar-refractivity contribution in [2.24, 2.45) is 5.73 Å². The number of hydrogen-bond acceptors (Lipinski definition) is 5. The molecule has 5 heteroatoms. The Morgan fingerprint density at radius 3 is 2.78 bits per heavy atom. The van der Waals surface area contributed by atoms with Crippen LogP contribution in [0.3, 0.4) is 0 Å². The SMILES string of the molecule is Cc1ncsc1CN(C)C(c1ccsc1)C(C)N. The van der Waals surface area contributed by atoms with Crippen molar-refractivity contribution in [1.82, 2.24) is 9.88 Å². The van der Waals surface area contributed by atoms with E-state index in [1.165, 1.54) is 10.4 Å². The van der Waals surface area contributed by atoms with Crippen LogP contribution in [0.1, 0.15) is 29.1 Å². The summed E-state index contributed by atoms with van der Waals surface area (Å²) < 4.78 is 0. The van der Waals surface area contributed by atoms with Crippen molar-refractivity contribution in [3.8, 4) is 0 Å². The van der Waals surface area contributed by atoms with Gasteiger partial charge in [0.2, 0.25) is 0 Å². The van der Waals surface area contributed by atoms with E-state index in [0.717, 1.165) is 12.2 Å². The highest BCUT2D eigenvalue weighted by molar-refractivity contribution is 7.09. The molecule has 2 unspecified atom stereocenters. The van der Waals surface area contributed by atoms with Gasteiger partial charge in [0.1, 0.15) is 0 Å². The van der Waals surface area contributed by atoms with Gasteiger partial charge in [0.15, 0.2) is 0 Å². The quantitative estimate of drug-likeness (QED) is 0.916.